The predicted molar refractivity (Wildman–Crippen MR) is 97.7 cm³/mol. The lowest BCUT2D eigenvalue weighted by molar-refractivity contribution is 0.0788. The molecular formula is C17H19N3O3S2. The van der Waals surface area contributed by atoms with Crippen LogP contribution in [-0.4, -0.2) is 50.1 Å². The van der Waals surface area contributed by atoms with Crippen LogP contribution in [0.3, 0.4) is 0 Å². The number of sulfonamides is 1. The lowest BCUT2D eigenvalue weighted by Crippen LogP contribution is -2.40. The Labute approximate surface area is 151 Å². The van der Waals surface area contributed by atoms with Gasteiger partial charge < -0.3 is 4.90 Å². The zero-order valence-corrected chi connectivity index (χ0v) is 15.7. The molecule has 0 saturated carbocycles. The highest BCUT2D eigenvalue weighted by Crippen LogP contribution is 2.46. The molecule has 2 aromatic rings. The molecule has 8 heteroatoms. The average molecular weight is 377 g/mol. The normalized spacial score (nSPS) is 22.6. The number of hydrogen-bond donors (Lipinski definition) is 0. The van der Waals surface area contributed by atoms with Gasteiger partial charge in [-0.05, 0) is 42.5 Å². The van der Waals surface area contributed by atoms with Gasteiger partial charge in [-0.25, -0.2) is 8.42 Å². The number of aryl methyl sites for hydroxylation is 1. The van der Waals surface area contributed by atoms with E-state index in [1.54, 1.807) is 18.3 Å². The third kappa shape index (κ3) is 2.55. The summed E-state index contributed by atoms with van der Waals surface area (Å²) in [6.45, 7) is 3.40. The summed E-state index contributed by atoms with van der Waals surface area (Å²) in [7, 11) is -3.38. The number of anilines is 1. The number of aromatic nitrogens is 1. The van der Waals surface area contributed by atoms with Crippen molar-refractivity contribution in [1.29, 1.82) is 0 Å². The van der Waals surface area contributed by atoms with Crippen molar-refractivity contribution >= 4 is 33.0 Å². The van der Waals surface area contributed by atoms with Gasteiger partial charge in [0.05, 0.1) is 27.9 Å². The van der Waals surface area contributed by atoms with Gasteiger partial charge in [-0.1, -0.05) is 0 Å². The van der Waals surface area contributed by atoms with Crippen molar-refractivity contribution in [2.24, 2.45) is 0 Å². The summed E-state index contributed by atoms with van der Waals surface area (Å²) in [6, 6.07) is 5.50. The first-order valence-corrected chi connectivity index (χ1v) is 10.8. The minimum atomic E-state index is -3.38. The fourth-order valence-electron chi connectivity index (χ4n) is 3.84. The van der Waals surface area contributed by atoms with Crippen LogP contribution in [0.2, 0.25) is 0 Å². The SMILES string of the molecule is Cc1ccsc1C(=O)N1CC[C@]2(C1)CN(S(C)(=O)=O)c1cccnc12. The van der Waals surface area contributed by atoms with Crippen LogP contribution >= 0.6 is 11.3 Å². The number of carbonyl (C=O) groups excluding carboxylic acids is 1. The zero-order valence-electron chi connectivity index (χ0n) is 14.1. The summed E-state index contributed by atoms with van der Waals surface area (Å²) in [5.74, 6) is 0.0275. The van der Waals surface area contributed by atoms with Crippen LogP contribution in [0.1, 0.15) is 27.3 Å². The number of fused-ring (bicyclic) bond motifs is 2. The fraction of sp³-hybridized carbons (Fsp3) is 0.412. The lowest BCUT2D eigenvalue weighted by Gasteiger charge is -2.24. The molecule has 0 radical (unpaired) electrons. The Hall–Kier alpha value is -1.93. The molecule has 4 rings (SSSR count). The molecule has 0 aromatic carbocycles. The molecule has 6 nitrogen and oxygen atoms in total. The molecular weight excluding hydrogens is 358 g/mol. The number of hydrogen-bond acceptors (Lipinski definition) is 5. The van der Waals surface area contributed by atoms with Crippen LogP contribution in [-0.2, 0) is 15.4 Å². The van der Waals surface area contributed by atoms with Crippen LogP contribution in [0.25, 0.3) is 0 Å². The highest BCUT2D eigenvalue weighted by atomic mass is 32.2. The van der Waals surface area contributed by atoms with Crippen molar-refractivity contribution in [2.45, 2.75) is 18.8 Å². The van der Waals surface area contributed by atoms with E-state index in [0.29, 0.717) is 25.3 Å². The van der Waals surface area contributed by atoms with E-state index in [2.05, 4.69) is 4.98 Å². The van der Waals surface area contributed by atoms with Crippen LogP contribution < -0.4 is 4.31 Å². The number of rotatable bonds is 2. The highest BCUT2D eigenvalue weighted by molar-refractivity contribution is 7.92. The molecule has 2 aliphatic heterocycles. The number of nitrogens with zero attached hydrogens (tertiary/aromatic N) is 3. The van der Waals surface area contributed by atoms with Gasteiger partial charge in [-0.3, -0.25) is 14.1 Å². The maximum absolute atomic E-state index is 12.8. The molecule has 0 aliphatic carbocycles. The quantitative estimate of drug-likeness (QED) is 0.803. The fourth-order valence-corrected chi connectivity index (χ4v) is 5.72. The van der Waals surface area contributed by atoms with Crippen molar-refractivity contribution < 1.29 is 13.2 Å². The van der Waals surface area contributed by atoms with Gasteiger partial charge in [0.15, 0.2) is 0 Å². The summed E-state index contributed by atoms with van der Waals surface area (Å²) in [6.07, 6.45) is 3.63. The van der Waals surface area contributed by atoms with Crippen LogP contribution in [0, 0.1) is 6.92 Å². The van der Waals surface area contributed by atoms with Gasteiger partial charge >= 0.3 is 0 Å². The van der Waals surface area contributed by atoms with Crippen LogP contribution in [0.5, 0.6) is 0 Å². The van der Waals surface area contributed by atoms with Gasteiger partial charge in [-0.2, -0.15) is 0 Å². The Morgan fingerprint density at radius 1 is 1.32 bits per heavy atom. The number of amides is 1. The maximum Gasteiger partial charge on any atom is 0.264 e. The largest absolute Gasteiger partial charge is 0.337 e. The van der Waals surface area contributed by atoms with Crippen LogP contribution in [0.4, 0.5) is 5.69 Å². The Kier molecular flexibility index (Phi) is 3.66. The van der Waals surface area contributed by atoms with Crippen molar-refractivity contribution in [2.75, 3.05) is 30.2 Å². The Bertz CT molecular complexity index is 954. The number of carbonyl (C=O) groups is 1. The molecule has 2 aliphatic rings. The Morgan fingerprint density at radius 2 is 2.12 bits per heavy atom. The molecule has 1 spiro atoms. The number of pyridine rings is 1. The molecule has 0 N–H and O–H groups in total. The van der Waals surface area contributed by atoms with E-state index < -0.39 is 15.4 Å². The van der Waals surface area contributed by atoms with E-state index >= 15 is 0 Å². The summed E-state index contributed by atoms with van der Waals surface area (Å²) in [4.78, 5) is 19.9. The maximum atomic E-state index is 12.8. The second-order valence-electron chi connectivity index (χ2n) is 6.83. The van der Waals surface area contributed by atoms with Gasteiger partial charge in [0.2, 0.25) is 10.0 Å². The third-order valence-electron chi connectivity index (χ3n) is 5.10. The zero-order chi connectivity index (χ0) is 17.8. The van der Waals surface area contributed by atoms with Crippen molar-refractivity contribution in [1.82, 2.24) is 9.88 Å². The van der Waals surface area contributed by atoms with E-state index in [9.17, 15) is 13.2 Å². The van der Waals surface area contributed by atoms with E-state index in [1.807, 2.05) is 23.3 Å². The van der Waals surface area contributed by atoms with Crippen molar-refractivity contribution in [3.8, 4) is 0 Å². The van der Waals surface area contributed by atoms with Gasteiger partial charge in [0.25, 0.3) is 5.91 Å². The molecule has 1 saturated heterocycles. The summed E-state index contributed by atoms with van der Waals surface area (Å²) in [5, 5.41) is 1.92. The van der Waals surface area contributed by atoms with Crippen molar-refractivity contribution in [3.05, 3.63) is 45.9 Å². The summed E-state index contributed by atoms with van der Waals surface area (Å²) >= 11 is 1.45. The molecule has 0 bridgehead atoms. The van der Waals surface area contributed by atoms with E-state index in [4.69, 9.17) is 0 Å². The summed E-state index contributed by atoms with van der Waals surface area (Å²) in [5.41, 5.74) is 2.00. The van der Waals surface area contributed by atoms with E-state index in [-0.39, 0.29) is 5.91 Å². The minimum absolute atomic E-state index is 0.0275. The average Bonchev–Trinajstić information content (AvgIpc) is 3.26. The lowest BCUT2D eigenvalue weighted by atomic mass is 9.85. The smallest absolute Gasteiger partial charge is 0.264 e. The molecule has 0 unspecified atom stereocenters. The number of likely N-dealkylation sites (tertiary alicyclic amines) is 1. The van der Waals surface area contributed by atoms with Gasteiger partial charge in [0, 0.05) is 25.8 Å². The van der Waals surface area contributed by atoms with E-state index in [0.717, 1.165) is 22.6 Å². The molecule has 1 amide bonds. The molecule has 1 atom stereocenters. The first-order valence-electron chi connectivity index (χ1n) is 8.08. The standard InChI is InChI=1S/C17H19N3O3S2/c1-12-5-9-24-14(12)16(21)19-8-6-17(10-19)11-20(25(2,22)23)13-4-3-7-18-15(13)17/h3-5,7,9H,6,8,10-11H2,1-2H3/t17-/m0/s1. The molecule has 1 fully saturated rings. The molecule has 132 valence electrons. The third-order valence-corrected chi connectivity index (χ3v) is 7.23. The number of thiophene rings is 1. The second-order valence-corrected chi connectivity index (χ2v) is 9.65. The van der Waals surface area contributed by atoms with E-state index in [1.165, 1.54) is 21.9 Å². The Balaban J connectivity index is 1.68. The highest BCUT2D eigenvalue weighted by Gasteiger charge is 2.51. The Morgan fingerprint density at radius 3 is 2.80 bits per heavy atom. The molecule has 2 aromatic heterocycles. The summed E-state index contributed by atoms with van der Waals surface area (Å²) < 4.78 is 25.8. The minimum Gasteiger partial charge on any atom is -0.337 e. The monoisotopic (exact) mass is 377 g/mol. The predicted octanol–water partition coefficient (Wildman–Crippen LogP) is 2.02. The van der Waals surface area contributed by atoms with Gasteiger partial charge in [-0.15, -0.1) is 11.3 Å². The molecule has 25 heavy (non-hydrogen) atoms. The van der Waals surface area contributed by atoms with Gasteiger partial charge in [0.1, 0.15) is 0 Å². The second kappa shape index (κ2) is 5.54. The van der Waals surface area contributed by atoms with Crippen molar-refractivity contribution in [3.63, 3.8) is 0 Å². The first kappa shape index (κ1) is 16.5. The molecule has 4 heterocycles. The first-order chi connectivity index (χ1) is 11.8. The van der Waals surface area contributed by atoms with Crippen LogP contribution in [0.15, 0.2) is 29.8 Å². The topological polar surface area (TPSA) is 70.6 Å².